The fourth-order valence-electron chi connectivity index (χ4n) is 1.49. The van der Waals surface area contributed by atoms with Gasteiger partial charge in [0, 0.05) is 0 Å². The zero-order valence-corrected chi connectivity index (χ0v) is 9.54. The highest BCUT2D eigenvalue weighted by Crippen LogP contribution is 2.05. The van der Waals surface area contributed by atoms with Gasteiger partial charge in [-0.05, 0) is 12.5 Å². The van der Waals surface area contributed by atoms with Gasteiger partial charge in [-0.25, -0.2) is 9.48 Å². The number of ether oxygens (including phenoxy) is 1. The van der Waals surface area contributed by atoms with Crippen LogP contribution in [-0.2, 0) is 11.3 Å². The van der Waals surface area contributed by atoms with Gasteiger partial charge >= 0.3 is 5.97 Å². The zero-order chi connectivity index (χ0) is 12.1. The van der Waals surface area contributed by atoms with E-state index in [1.165, 1.54) is 10.9 Å². The van der Waals surface area contributed by atoms with Gasteiger partial charge in [0.1, 0.15) is 0 Å². The maximum absolute atomic E-state index is 11.6. The molecule has 0 saturated heterocycles. The van der Waals surface area contributed by atoms with E-state index in [2.05, 4.69) is 10.3 Å². The lowest BCUT2D eigenvalue weighted by Gasteiger charge is -2.05. The summed E-state index contributed by atoms with van der Waals surface area (Å²) in [7, 11) is 0. The highest BCUT2D eigenvalue weighted by atomic mass is 16.5. The van der Waals surface area contributed by atoms with Crippen LogP contribution >= 0.6 is 0 Å². The van der Waals surface area contributed by atoms with Crippen LogP contribution in [-0.4, -0.2) is 27.6 Å². The molecular weight excluding hydrogens is 218 g/mol. The Kier molecular flexibility index (Phi) is 3.49. The molecule has 0 amide bonds. The summed E-state index contributed by atoms with van der Waals surface area (Å²) in [4.78, 5) is 11.6. The minimum atomic E-state index is -0.395. The van der Waals surface area contributed by atoms with Crippen LogP contribution in [0.5, 0.6) is 0 Å². The van der Waals surface area contributed by atoms with E-state index < -0.39 is 5.97 Å². The van der Waals surface area contributed by atoms with Crippen LogP contribution in [0.4, 0.5) is 0 Å². The Morgan fingerprint density at radius 1 is 1.35 bits per heavy atom. The average Bonchev–Trinajstić information content (AvgIpc) is 2.79. The molecule has 1 aromatic heterocycles. The molecule has 0 aliphatic heterocycles. The lowest BCUT2D eigenvalue weighted by molar-refractivity contribution is 0.0512. The van der Waals surface area contributed by atoms with E-state index in [0.717, 1.165) is 5.56 Å². The van der Waals surface area contributed by atoms with E-state index in [1.807, 2.05) is 30.3 Å². The van der Waals surface area contributed by atoms with Crippen LogP contribution in [0.25, 0.3) is 0 Å². The lowest BCUT2D eigenvalue weighted by Crippen LogP contribution is -2.14. The van der Waals surface area contributed by atoms with Gasteiger partial charge in [-0.2, -0.15) is 0 Å². The van der Waals surface area contributed by atoms with Crippen molar-refractivity contribution in [2.45, 2.75) is 13.5 Å². The predicted octanol–water partition coefficient (Wildman–Crippen LogP) is 1.50. The number of hydrogen-bond acceptors (Lipinski definition) is 4. The third-order valence-corrected chi connectivity index (χ3v) is 2.28. The Hall–Kier alpha value is -2.17. The van der Waals surface area contributed by atoms with Crippen LogP contribution in [0.1, 0.15) is 23.0 Å². The quantitative estimate of drug-likeness (QED) is 0.748. The molecule has 2 aromatic rings. The largest absolute Gasteiger partial charge is 0.461 e. The Labute approximate surface area is 99.0 Å². The summed E-state index contributed by atoms with van der Waals surface area (Å²) in [5.41, 5.74) is 1.43. The maximum Gasteiger partial charge on any atom is 0.358 e. The van der Waals surface area contributed by atoms with E-state index in [1.54, 1.807) is 6.92 Å². The highest BCUT2D eigenvalue weighted by molar-refractivity contribution is 5.87. The molecule has 0 aliphatic rings. The van der Waals surface area contributed by atoms with Gasteiger partial charge in [0.2, 0.25) is 0 Å². The van der Waals surface area contributed by atoms with Crippen molar-refractivity contribution >= 4 is 5.97 Å². The summed E-state index contributed by atoms with van der Waals surface area (Å²) in [6.45, 7) is 2.62. The van der Waals surface area contributed by atoms with Gasteiger partial charge in [-0.1, -0.05) is 35.5 Å². The smallest absolute Gasteiger partial charge is 0.358 e. The maximum atomic E-state index is 11.6. The summed E-state index contributed by atoms with van der Waals surface area (Å²) in [6.07, 6.45) is 1.42. The molecule has 5 heteroatoms. The van der Waals surface area contributed by atoms with Crippen LogP contribution in [0.15, 0.2) is 36.5 Å². The van der Waals surface area contributed by atoms with E-state index in [9.17, 15) is 4.79 Å². The molecular formula is C12H13N3O2. The van der Waals surface area contributed by atoms with Crippen molar-refractivity contribution in [1.29, 1.82) is 0 Å². The second-order valence-electron chi connectivity index (χ2n) is 3.48. The molecule has 0 spiro atoms. The number of carbonyl (C=O) groups is 1. The SMILES string of the molecule is CCOC(=O)c1cnnn1Cc1ccccc1. The molecule has 0 N–H and O–H groups in total. The highest BCUT2D eigenvalue weighted by Gasteiger charge is 2.14. The summed E-state index contributed by atoms with van der Waals surface area (Å²) in [5, 5.41) is 7.61. The number of benzene rings is 1. The zero-order valence-electron chi connectivity index (χ0n) is 9.54. The second kappa shape index (κ2) is 5.25. The molecule has 0 bridgehead atoms. The number of carbonyl (C=O) groups excluding carboxylic acids is 1. The minimum absolute atomic E-state index is 0.343. The minimum Gasteiger partial charge on any atom is -0.461 e. The second-order valence-corrected chi connectivity index (χ2v) is 3.48. The summed E-state index contributed by atoms with van der Waals surface area (Å²) < 4.78 is 6.46. The van der Waals surface area contributed by atoms with Crippen LogP contribution < -0.4 is 0 Å². The van der Waals surface area contributed by atoms with Crippen molar-refractivity contribution in [2.75, 3.05) is 6.61 Å². The first-order valence-corrected chi connectivity index (χ1v) is 5.40. The first kappa shape index (κ1) is 11.3. The molecule has 1 aromatic carbocycles. The Morgan fingerprint density at radius 3 is 2.82 bits per heavy atom. The first-order chi connectivity index (χ1) is 8.31. The molecule has 88 valence electrons. The molecule has 0 fully saturated rings. The molecule has 17 heavy (non-hydrogen) atoms. The predicted molar refractivity (Wildman–Crippen MR) is 61.5 cm³/mol. The molecule has 0 unspecified atom stereocenters. The van der Waals surface area contributed by atoms with Gasteiger partial charge in [0.05, 0.1) is 19.3 Å². The van der Waals surface area contributed by atoms with Crippen molar-refractivity contribution in [3.63, 3.8) is 0 Å². The fourth-order valence-corrected chi connectivity index (χ4v) is 1.49. The van der Waals surface area contributed by atoms with Crippen LogP contribution in [0, 0.1) is 0 Å². The van der Waals surface area contributed by atoms with Crippen molar-refractivity contribution in [1.82, 2.24) is 15.0 Å². The van der Waals surface area contributed by atoms with E-state index in [4.69, 9.17) is 4.74 Å². The lowest BCUT2D eigenvalue weighted by atomic mass is 10.2. The van der Waals surface area contributed by atoms with E-state index in [0.29, 0.717) is 18.8 Å². The first-order valence-electron chi connectivity index (χ1n) is 5.40. The van der Waals surface area contributed by atoms with E-state index in [-0.39, 0.29) is 0 Å². The monoisotopic (exact) mass is 231 g/mol. The topological polar surface area (TPSA) is 57.0 Å². The molecule has 0 aliphatic carbocycles. The Bertz CT molecular complexity index is 493. The van der Waals surface area contributed by atoms with Crippen LogP contribution in [0.2, 0.25) is 0 Å². The molecule has 5 nitrogen and oxygen atoms in total. The number of aromatic nitrogens is 3. The van der Waals surface area contributed by atoms with Gasteiger partial charge in [-0.15, -0.1) is 5.10 Å². The number of rotatable bonds is 4. The number of hydrogen-bond donors (Lipinski definition) is 0. The van der Waals surface area contributed by atoms with Crippen molar-refractivity contribution in [3.05, 3.63) is 47.8 Å². The molecule has 1 heterocycles. The Morgan fingerprint density at radius 2 is 2.12 bits per heavy atom. The average molecular weight is 231 g/mol. The molecule has 0 atom stereocenters. The van der Waals surface area contributed by atoms with Crippen molar-refractivity contribution < 1.29 is 9.53 Å². The van der Waals surface area contributed by atoms with Gasteiger partial charge in [0.25, 0.3) is 0 Å². The molecule has 2 rings (SSSR count). The summed E-state index contributed by atoms with van der Waals surface area (Å²) in [5.74, 6) is -0.395. The van der Waals surface area contributed by atoms with Crippen molar-refractivity contribution in [3.8, 4) is 0 Å². The fraction of sp³-hybridized carbons (Fsp3) is 0.250. The molecule has 0 radical (unpaired) electrons. The summed E-state index contributed by atoms with van der Waals surface area (Å²) in [6, 6.07) is 9.76. The van der Waals surface area contributed by atoms with Crippen LogP contribution in [0.3, 0.4) is 0 Å². The molecule has 0 saturated carbocycles. The number of nitrogens with zero attached hydrogens (tertiary/aromatic N) is 3. The standard InChI is InChI=1S/C12H13N3O2/c1-2-17-12(16)11-8-13-14-15(11)9-10-6-4-3-5-7-10/h3-8H,2,9H2,1H3. The van der Waals surface area contributed by atoms with Crippen molar-refractivity contribution in [2.24, 2.45) is 0 Å². The number of esters is 1. The third kappa shape index (κ3) is 2.69. The third-order valence-electron chi connectivity index (χ3n) is 2.28. The van der Waals surface area contributed by atoms with E-state index >= 15 is 0 Å². The Balaban J connectivity index is 2.17. The van der Waals surface area contributed by atoms with Gasteiger partial charge < -0.3 is 4.74 Å². The normalized spacial score (nSPS) is 10.2. The summed E-state index contributed by atoms with van der Waals surface area (Å²) >= 11 is 0. The van der Waals surface area contributed by atoms with Gasteiger partial charge in [0.15, 0.2) is 5.69 Å². The van der Waals surface area contributed by atoms with Gasteiger partial charge in [-0.3, -0.25) is 0 Å².